The Hall–Kier alpha value is -3.57. The second-order valence-electron chi connectivity index (χ2n) is 7.52. The highest BCUT2D eigenvalue weighted by Crippen LogP contribution is 2.32. The molecule has 33 heavy (non-hydrogen) atoms. The number of rotatable bonds is 7. The van der Waals surface area contributed by atoms with Crippen molar-refractivity contribution in [2.24, 2.45) is 4.99 Å². The van der Waals surface area contributed by atoms with Crippen LogP contribution >= 0.6 is 11.6 Å². The fourth-order valence-corrected chi connectivity index (χ4v) is 3.68. The number of benzene rings is 3. The van der Waals surface area contributed by atoms with Crippen molar-refractivity contribution in [3.63, 3.8) is 0 Å². The van der Waals surface area contributed by atoms with Gasteiger partial charge in [-0.1, -0.05) is 47.5 Å². The van der Waals surface area contributed by atoms with E-state index in [2.05, 4.69) is 0 Å². The topological polar surface area (TPSA) is 51.1 Å². The molecule has 0 radical (unpaired) electrons. The first-order valence-electron chi connectivity index (χ1n) is 10.9. The maximum Gasteiger partial charge on any atom is 0.282 e. The summed E-state index contributed by atoms with van der Waals surface area (Å²) in [6.45, 7) is 6.92. The lowest BCUT2D eigenvalue weighted by Crippen LogP contribution is -2.32. The largest absolute Gasteiger partial charge is 0.490 e. The number of nitrogens with zero attached hydrogens (tertiary/aromatic N) is 2. The highest BCUT2D eigenvalue weighted by molar-refractivity contribution is 6.34. The van der Waals surface area contributed by atoms with Crippen molar-refractivity contribution in [2.75, 3.05) is 18.1 Å². The zero-order valence-electron chi connectivity index (χ0n) is 18.8. The van der Waals surface area contributed by atoms with Crippen molar-refractivity contribution >= 4 is 35.1 Å². The lowest BCUT2D eigenvalue weighted by molar-refractivity contribution is -0.113. The normalized spacial score (nSPS) is 14.5. The van der Waals surface area contributed by atoms with Gasteiger partial charge in [-0.05, 0) is 68.8 Å². The van der Waals surface area contributed by atoms with Crippen LogP contribution in [0.5, 0.6) is 11.5 Å². The Morgan fingerprint density at radius 2 is 1.58 bits per heavy atom. The number of carbonyl (C=O) groups is 1. The standard InChI is InChI=1S/C27H25ClN2O3/c1-4-32-24-15-8-19(17-25(24)33-5-2)16-23-27(31)30(22-13-11-21(28)12-14-22)26(29-23)20-9-6-18(3)7-10-20/h6-17H,4-5H2,1-3H3. The molecule has 4 rings (SSSR count). The molecular formula is C27H25ClN2O3. The van der Waals surface area contributed by atoms with Crippen molar-refractivity contribution in [3.8, 4) is 11.5 Å². The van der Waals surface area contributed by atoms with Gasteiger partial charge >= 0.3 is 0 Å². The number of hydrogen-bond acceptors (Lipinski definition) is 4. The van der Waals surface area contributed by atoms with E-state index in [4.69, 9.17) is 26.1 Å². The van der Waals surface area contributed by atoms with Gasteiger partial charge in [0.25, 0.3) is 5.91 Å². The Balaban J connectivity index is 1.77. The fraction of sp³-hybridized carbons (Fsp3) is 0.185. The molecule has 1 heterocycles. The molecular weight excluding hydrogens is 436 g/mol. The van der Waals surface area contributed by atoms with Crippen molar-refractivity contribution in [3.05, 3.63) is 94.1 Å². The number of amidine groups is 1. The van der Waals surface area contributed by atoms with Gasteiger partial charge in [-0.2, -0.15) is 0 Å². The molecule has 0 aliphatic carbocycles. The molecule has 1 amide bonds. The van der Waals surface area contributed by atoms with E-state index in [1.54, 1.807) is 23.1 Å². The summed E-state index contributed by atoms with van der Waals surface area (Å²) in [6.07, 6.45) is 1.77. The van der Waals surface area contributed by atoms with Crippen LogP contribution < -0.4 is 14.4 Å². The number of ether oxygens (including phenoxy) is 2. The number of halogens is 1. The van der Waals surface area contributed by atoms with E-state index in [1.165, 1.54) is 0 Å². The van der Waals surface area contributed by atoms with Gasteiger partial charge in [0.2, 0.25) is 0 Å². The molecule has 0 bridgehead atoms. The zero-order chi connectivity index (χ0) is 23.4. The van der Waals surface area contributed by atoms with Gasteiger partial charge in [0, 0.05) is 10.6 Å². The van der Waals surface area contributed by atoms with Crippen LogP contribution in [0.25, 0.3) is 6.08 Å². The van der Waals surface area contributed by atoms with E-state index < -0.39 is 0 Å². The summed E-state index contributed by atoms with van der Waals surface area (Å²) in [6, 6.07) is 20.7. The zero-order valence-corrected chi connectivity index (χ0v) is 19.6. The van der Waals surface area contributed by atoms with Gasteiger partial charge in [0.1, 0.15) is 11.5 Å². The predicted octanol–water partition coefficient (Wildman–Crippen LogP) is 6.28. The lowest BCUT2D eigenvalue weighted by atomic mass is 10.1. The number of amides is 1. The van der Waals surface area contributed by atoms with Gasteiger partial charge in [-0.15, -0.1) is 0 Å². The Labute approximate surface area is 198 Å². The first-order chi connectivity index (χ1) is 16.0. The average Bonchev–Trinajstić information content (AvgIpc) is 3.13. The van der Waals surface area contributed by atoms with Gasteiger partial charge in [0.05, 0.1) is 18.9 Å². The minimum absolute atomic E-state index is 0.209. The first kappa shape index (κ1) is 22.6. The van der Waals surface area contributed by atoms with Gasteiger partial charge < -0.3 is 9.47 Å². The number of aliphatic imine (C=N–C) groups is 1. The van der Waals surface area contributed by atoms with E-state index in [-0.39, 0.29) is 5.91 Å². The Kier molecular flexibility index (Phi) is 6.80. The Bertz CT molecular complexity index is 1220. The third-order valence-electron chi connectivity index (χ3n) is 5.13. The van der Waals surface area contributed by atoms with Gasteiger partial charge in [0.15, 0.2) is 11.5 Å². The van der Waals surface area contributed by atoms with Crippen LogP contribution in [0.2, 0.25) is 5.02 Å². The maximum atomic E-state index is 13.5. The van der Waals surface area contributed by atoms with Crippen LogP contribution in [0.3, 0.4) is 0 Å². The molecule has 0 fully saturated rings. The van der Waals surface area contributed by atoms with E-state index in [0.29, 0.717) is 47.0 Å². The number of aryl methyl sites for hydroxylation is 1. The van der Waals surface area contributed by atoms with E-state index in [1.807, 2.05) is 75.4 Å². The third-order valence-corrected chi connectivity index (χ3v) is 5.38. The Morgan fingerprint density at radius 1 is 0.909 bits per heavy atom. The third kappa shape index (κ3) is 4.94. The van der Waals surface area contributed by atoms with Crippen LogP contribution in [0.15, 0.2) is 77.4 Å². The Morgan fingerprint density at radius 3 is 2.24 bits per heavy atom. The molecule has 0 saturated carbocycles. The summed E-state index contributed by atoms with van der Waals surface area (Å²) in [5.41, 5.74) is 3.83. The van der Waals surface area contributed by atoms with Crippen molar-refractivity contribution in [2.45, 2.75) is 20.8 Å². The molecule has 1 aliphatic rings. The summed E-state index contributed by atoms with van der Waals surface area (Å²) in [5, 5.41) is 0.604. The molecule has 0 N–H and O–H groups in total. The summed E-state index contributed by atoms with van der Waals surface area (Å²) in [7, 11) is 0. The smallest absolute Gasteiger partial charge is 0.282 e. The monoisotopic (exact) mass is 460 g/mol. The molecule has 3 aromatic carbocycles. The molecule has 0 atom stereocenters. The van der Waals surface area contributed by atoms with Gasteiger partial charge in [-0.3, -0.25) is 9.69 Å². The second-order valence-corrected chi connectivity index (χ2v) is 7.96. The summed E-state index contributed by atoms with van der Waals surface area (Å²) < 4.78 is 11.4. The summed E-state index contributed by atoms with van der Waals surface area (Å²) >= 11 is 6.07. The molecule has 0 aromatic heterocycles. The molecule has 6 heteroatoms. The van der Waals surface area contributed by atoms with Crippen LogP contribution in [0.4, 0.5) is 5.69 Å². The van der Waals surface area contributed by atoms with Crippen molar-refractivity contribution in [1.82, 2.24) is 0 Å². The minimum atomic E-state index is -0.209. The van der Waals surface area contributed by atoms with Crippen LogP contribution in [0, 0.1) is 6.92 Å². The summed E-state index contributed by atoms with van der Waals surface area (Å²) in [5.74, 6) is 1.67. The van der Waals surface area contributed by atoms with E-state index in [9.17, 15) is 4.79 Å². The quantitative estimate of drug-likeness (QED) is 0.390. The average molecular weight is 461 g/mol. The summed E-state index contributed by atoms with van der Waals surface area (Å²) in [4.78, 5) is 19.8. The minimum Gasteiger partial charge on any atom is -0.490 e. The fourth-order valence-electron chi connectivity index (χ4n) is 3.56. The first-order valence-corrected chi connectivity index (χ1v) is 11.2. The van der Waals surface area contributed by atoms with Crippen LogP contribution in [-0.4, -0.2) is 25.0 Å². The molecule has 168 valence electrons. The van der Waals surface area contributed by atoms with E-state index >= 15 is 0 Å². The predicted molar refractivity (Wildman–Crippen MR) is 133 cm³/mol. The second kappa shape index (κ2) is 9.92. The molecule has 1 aliphatic heterocycles. The highest BCUT2D eigenvalue weighted by atomic mass is 35.5. The van der Waals surface area contributed by atoms with Crippen LogP contribution in [-0.2, 0) is 4.79 Å². The lowest BCUT2D eigenvalue weighted by Gasteiger charge is -2.18. The van der Waals surface area contributed by atoms with E-state index in [0.717, 1.165) is 16.7 Å². The SMILES string of the molecule is CCOc1ccc(C=C2N=C(c3ccc(C)cc3)N(c3ccc(Cl)cc3)C2=O)cc1OCC. The molecule has 5 nitrogen and oxygen atoms in total. The number of carbonyl (C=O) groups excluding carboxylic acids is 1. The highest BCUT2D eigenvalue weighted by Gasteiger charge is 2.32. The van der Waals surface area contributed by atoms with Crippen molar-refractivity contribution in [1.29, 1.82) is 0 Å². The molecule has 0 saturated heterocycles. The molecule has 0 unspecified atom stereocenters. The van der Waals surface area contributed by atoms with Gasteiger partial charge in [-0.25, -0.2) is 4.99 Å². The van der Waals surface area contributed by atoms with Crippen molar-refractivity contribution < 1.29 is 14.3 Å². The molecule has 3 aromatic rings. The maximum absolute atomic E-state index is 13.5. The van der Waals surface area contributed by atoms with Crippen LogP contribution in [0.1, 0.15) is 30.5 Å². The molecule has 0 spiro atoms. The number of hydrogen-bond donors (Lipinski definition) is 0. The number of anilines is 1.